The summed E-state index contributed by atoms with van der Waals surface area (Å²) in [7, 11) is -4.07. The summed E-state index contributed by atoms with van der Waals surface area (Å²) in [5, 5.41) is 5.37. The Morgan fingerprint density at radius 2 is 1.68 bits per heavy atom. The number of hydrogen-bond acceptors (Lipinski definition) is 3. The molecule has 0 saturated carbocycles. The number of guanidine groups is 1. The van der Waals surface area contributed by atoms with E-state index in [-0.39, 0.29) is 16.4 Å². The first-order valence-electron chi connectivity index (χ1n) is 7.51. The van der Waals surface area contributed by atoms with Gasteiger partial charge in [0.15, 0.2) is 5.96 Å². The molecule has 0 spiro atoms. The number of hydrogen-bond donors (Lipinski definition) is 3. The molecule has 0 fully saturated rings. The zero-order chi connectivity index (χ0) is 18.8. The molecular formula is C17H20N4O3S. The molecule has 1 amide bonds. The molecule has 0 aliphatic rings. The highest BCUT2D eigenvalue weighted by Crippen LogP contribution is 2.33. The normalized spacial score (nSPS) is 11.4. The van der Waals surface area contributed by atoms with Gasteiger partial charge in [0.25, 0.3) is 5.91 Å². The van der Waals surface area contributed by atoms with Crippen LogP contribution < -0.4 is 16.6 Å². The summed E-state index contributed by atoms with van der Waals surface area (Å²) < 4.78 is 24.2. The number of rotatable bonds is 4. The Morgan fingerprint density at radius 3 is 2.16 bits per heavy atom. The predicted molar refractivity (Wildman–Crippen MR) is 97.5 cm³/mol. The predicted octanol–water partition coefficient (Wildman–Crippen LogP) is 1.54. The van der Waals surface area contributed by atoms with E-state index in [2.05, 4.69) is 4.99 Å². The van der Waals surface area contributed by atoms with Gasteiger partial charge in [0, 0.05) is 11.1 Å². The van der Waals surface area contributed by atoms with Crippen LogP contribution in [0.1, 0.15) is 35.7 Å². The summed E-state index contributed by atoms with van der Waals surface area (Å²) in [5.41, 5.74) is 12.4. The van der Waals surface area contributed by atoms with Gasteiger partial charge in [-0.05, 0) is 29.2 Å². The van der Waals surface area contributed by atoms with Crippen LogP contribution in [0.2, 0.25) is 0 Å². The first kappa shape index (κ1) is 18.6. The van der Waals surface area contributed by atoms with Crippen LogP contribution in [0.15, 0.2) is 52.4 Å². The Labute approximate surface area is 146 Å². The van der Waals surface area contributed by atoms with Crippen LogP contribution in [0, 0.1) is 0 Å². The quantitative estimate of drug-likeness (QED) is 0.560. The van der Waals surface area contributed by atoms with Crippen molar-refractivity contribution in [2.75, 3.05) is 0 Å². The van der Waals surface area contributed by atoms with Crippen LogP contribution >= 0.6 is 0 Å². The van der Waals surface area contributed by atoms with Gasteiger partial charge in [-0.15, -0.1) is 0 Å². The number of carbonyl (C=O) groups is 1. The van der Waals surface area contributed by atoms with Gasteiger partial charge in [-0.2, -0.15) is 4.99 Å². The second-order valence-corrected chi connectivity index (χ2v) is 7.37. The van der Waals surface area contributed by atoms with Crippen molar-refractivity contribution in [3.63, 3.8) is 0 Å². The number of sulfonamides is 1. The lowest BCUT2D eigenvalue weighted by atomic mass is 9.92. The maximum Gasteiger partial charge on any atom is 0.280 e. The number of nitrogens with two attached hydrogens (primary N) is 3. The Bertz CT molecular complexity index is 932. The van der Waals surface area contributed by atoms with Gasteiger partial charge >= 0.3 is 0 Å². The third-order valence-corrected chi connectivity index (χ3v) is 4.58. The molecule has 6 N–H and O–H groups in total. The van der Waals surface area contributed by atoms with Gasteiger partial charge < -0.3 is 11.5 Å². The van der Waals surface area contributed by atoms with E-state index in [1.54, 1.807) is 30.3 Å². The molecular weight excluding hydrogens is 340 g/mol. The summed E-state index contributed by atoms with van der Waals surface area (Å²) in [6, 6.07) is 11.8. The monoisotopic (exact) mass is 360 g/mol. The maximum absolute atomic E-state index is 12.3. The fourth-order valence-electron chi connectivity index (χ4n) is 2.52. The SMILES string of the molecule is CC(C)c1cc(-c2ccccc2)c(S(N)(=O)=O)cc1C(=O)N=C(N)N. The highest BCUT2D eigenvalue weighted by molar-refractivity contribution is 7.89. The average Bonchev–Trinajstić information content (AvgIpc) is 2.52. The topological polar surface area (TPSA) is 142 Å². The largest absolute Gasteiger partial charge is 0.370 e. The van der Waals surface area contributed by atoms with Crippen molar-refractivity contribution in [2.24, 2.45) is 21.6 Å². The molecule has 0 atom stereocenters. The van der Waals surface area contributed by atoms with E-state index in [0.717, 1.165) is 0 Å². The maximum atomic E-state index is 12.3. The minimum absolute atomic E-state index is 0.0647. The molecule has 0 heterocycles. The molecule has 0 unspecified atom stereocenters. The molecule has 25 heavy (non-hydrogen) atoms. The lowest BCUT2D eigenvalue weighted by Crippen LogP contribution is -2.24. The molecule has 0 saturated heterocycles. The fraction of sp³-hybridized carbons (Fsp3) is 0.176. The molecule has 0 radical (unpaired) electrons. The molecule has 2 aromatic carbocycles. The summed E-state index contributed by atoms with van der Waals surface area (Å²) in [5.74, 6) is -1.18. The molecule has 7 nitrogen and oxygen atoms in total. The van der Waals surface area contributed by atoms with E-state index in [4.69, 9.17) is 16.6 Å². The Morgan fingerprint density at radius 1 is 1.08 bits per heavy atom. The van der Waals surface area contributed by atoms with Crippen molar-refractivity contribution >= 4 is 21.9 Å². The van der Waals surface area contributed by atoms with Crippen LogP contribution in [-0.2, 0) is 10.0 Å². The molecule has 0 aliphatic heterocycles. The van der Waals surface area contributed by atoms with Gasteiger partial charge in [-0.3, -0.25) is 4.79 Å². The second kappa shape index (κ2) is 7.04. The molecule has 2 aromatic rings. The van der Waals surface area contributed by atoms with Crippen molar-refractivity contribution in [1.29, 1.82) is 0 Å². The smallest absolute Gasteiger partial charge is 0.280 e. The van der Waals surface area contributed by atoms with Gasteiger partial charge in [0.2, 0.25) is 10.0 Å². The number of benzene rings is 2. The highest BCUT2D eigenvalue weighted by atomic mass is 32.2. The van der Waals surface area contributed by atoms with Crippen LogP contribution in [-0.4, -0.2) is 20.3 Å². The molecule has 132 valence electrons. The molecule has 0 aliphatic carbocycles. The van der Waals surface area contributed by atoms with Gasteiger partial charge in [-0.1, -0.05) is 44.2 Å². The van der Waals surface area contributed by atoms with Gasteiger partial charge in [0.05, 0.1) is 4.90 Å². The van der Waals surface area contributed by atoms with E-state index in [0.29, 0.717) is 16.7 Å². The molecule has 0 aromatic heterocycles. The Balaban J connectivity index is 2.85. The fourth-order valence-corrected chi connectivity index (χ4v) is 3.28. The summed E-state index contributed by atoms with van der Waals surface area (Å²) >= 11 is 0. The average molecular weight is 360 g/mol. The van der Waals surface area contributed by atoms with E-state index >= 15 is 0 Å². The third kappa shape index (κ3) is 4.23. The lowest BCUT2D eigenvalue weighted by Gasteiger charge is -2.16. The zero-order valence-corrected chi connectivity index (χ0v) is 14.7. The van der Waals surface area contributed by atoms with Crippen LogP contribution in [0.25, 0.3) is 11.1 Å². The van der Waals surface area contributed by atoms with E-state index < -0.39 is 21.9 Å². The molecule has 8 heteroatoms. The molecule has 0 bridgehead atoms. The first-order chi connectivity index (χ1) is 11.6. The van der Waals surface area contributed by atoms with Crippen molar-refractivity contribution in [3.05, 3.63) is 53.6 Å². The van der Waals surface area contributed by atoms with Crippen molar-refractivity contribution in [3.8, 4) is 11.1 Å². The standard InChI is InChI=1S/C17H20N4O3S/c1-10(2)12-8-13(11-6-4-3-5-7-11)15(25(20,23)24)9-14(12)16(22)21-17(18)19/h3-10H,1-2H3,(H2,20,23,24)(H4,18,19,21,22). The Hall–Kier alpha value is -2.71. The van der Waals surface area contributed by atoms with Crippen LogP contribution in [0.4, 0.5) is 0 Å². The number of amides is 1. The van der Waals surface area contributed by atoms with E-state index in [1.165, 1.54) is 6.07 Å². The lowest BCUT2D eigenvalue weighted by molar-refractivity contribution is 0.100. The van der Waals surface area contributed by atoms with E-state index in [1.807, 2.05) is 19.9 Å². The number of carbonyl (C=O) groups excluding carboxylic acids is 1. The summed E-state index contributed by atoms with van der Waals surface area (Å²) in [4.78, 5) is 15.7. The van der Waals surface area contributed by atoms with Crippen molar-refractivity contribution in [2.45, 2.75) is 24.7 Å². The Kier molecular flexibility index (Phi) is 5.24. The minimum atomic E-state index is -4.07. The second-order valence-electron chi connectivity index (χ2n) is 5.84. The highest BCUT2D eigenvalue weighted by Gasteiger charge is 2.23. The number of aliphatic imine (C=N–C) groups is 1. The zero-order valence-electron chi connectivity index (χ0n) is 13.9. The van der Waals surface area contributed by atoms with Crippen LogP contribution in [0.3, 0.4) is 0 Å². The van der Waals surface area contributed by atoms with Crippen molar-refractivity contribution in [1.82, 2.24) is 0 Å². The van der Waals surface area contributed by atoms with E-state index in [9.17, 15) is 13.2 Å². The number of primary sulfonamides is 1. The minimum Gasteiger partial charge on any atom is -0.370 e. The summed E-state index contributed by atoms with van der Waals surface area (Å²) in [6.45, 7) is 3.76. The first-order valence-corrected chi connectivity index (χ1v) is 9.06. The molecule has 2 rings (SSSR count). The third-order valence-electron chi connectivity index (χ3n) is 3.63. The van der Waals surface area contributed by atoms with Gasteiger partial charge in [-0.25, -0.2) is 13.6 Å². The summed E-state index contributed by atoms with van der Waals surface area (Å²) in [6.07, 6.45) is 0. The van der Waals surface area contributed by atoms with Crippen molar-refractivity contribution < 1.29 is 13.2 Å². The number of nitrogens with zero attached hydrogens (tertiary/aromatic N) is 1. The van der Waals surface area contributed by atoms with Crippen LogP contribution in [0.5, 0.6) is 0 Å². The van der Waals surface area contributed by atoms with Gasteiger partial charge in [0.1, 0.15) is 0 Å².